The van der Waals surface area contributed by atoms with Crippen LogP contribution in [0.5, 0.6) is 0 Å². The first-order chi connectivity index (χ1) is 9.94. The molecule has 0 spiro atoms. The highest BCUT2D eigenvalue weighted by molar-refractivity contribution is 7.89. The number of fused-ring (bicyclic) bond motifs is 2. The van der Waals surface area contributed by atoms with E-state index in [1.165, 1.54) is 25.5 Å². The van der Waals surface area contributed by atoms with Gasteiger partial charge in [0.25, 0.3) is 0 Å². The van der Waals surface area contributed by atoms with Gasteiger partial charge in [-0.15, -0.1) is 0 Å². The third-order valence-electron chi connectivity index (χ3n) is 4.53. The van der Waals surface area contributed by atoms with E-state index in [1.807, 2.05) is 0 Å². The van der Waals surface area contributed by atoms with Crippen molar-refractivity contribution in [2.75, 3.05) is 5.32 Å². The first kappa shape index (κ1) is 14.5. The quantitative estimate of drug-likeness (QED) is 0.894. The number of anilines is 1. The number of carbonyl (C=O) groups is 1. The van der Waals surface area contributed by atoms with Crippen LogP contribution in [-0.2, 0) is 14.8 Å². The Balaban J connectivity index is 1.71. The number of rotatable bonds is 4. The molecule has 0 saturated heterocycles. The fourth-order valence-corrected chi connectivity index (χ4v) is 4.89. The zero-order valence-electron chi connectivity index (χ0n) is 12.0. The lowest BCUT2D eigenvalue weighted by Gasteiger charge is -2.22. The number of benzene rings is 1. The number of sulfonamides is 1. The minimum absolute atomic E-state index is 0.0868. The van der Waals surface area contributed by atoms with Crippen molar-refractivity contribution < 1.29 is 13.2 Å². The predicted octanol–water partition coefficient (Wildman–Crippen LogP) is 2.11. The van der Waals surface area contributed by atoms with Gasteiger partial charge in [-0.1, -0.05) is 6.42 Å². The molecule has 0 radical (unpaired) electrons. The van der Waals surface area contributed by atoms with Gasteiger partial charge in [-0.25, -0.2) is 13.1 Å². The topological polar surface area (TPSA) is 75.3 Å². The van der Waals surface area contributed by atoms with E-state index in [1.54, 1.807) is 12.1 Å². The molecule has 0 unspecified atom stereocenters. The lowest BCUT2D eigenvalue weighted by molar-refractivity contribution is -0.114. The van der Waals surface area contributed by atoms with Gasteiger partial charge in [-0.05, 0) is 55.4 Å². The average molecular weight is 308 g/mol. The number of nitrogens with one attached hydrogen (secondary N) is 2. The summed E-state index contributed by atoms with van der Waals surface area (Å²) >= 11 is 0. The summed E-state index contributed by atoms with van der Waals surface area (Å²) in [5.41, 5.74) is 0.598. The molecule has 114 valence electrons. The minimum Gasteiger partial charge on any atom is -0.326 e. The summed E-state index contributed by atoms with van der Waals surface area (Å²) < 4.78 is 27.6. The third-order valence-corrected chi connectivity index (χ3v) is 6.04. The van der Waals surface area contributed by atoms with E-state index < -0.39 is 10.0 Å². The summed E-state index contributed by atoms with van der Waals surface area (Å²) in [6, 6.07) is 6.36. The van der Waals surface area contributed by atoms with E-state index in [-0.39, 0.29) is 16.8 Å². The number of amides is 1. The second-order valence-electron chi connectivity index (χ2n) is 6.11. The van der Waals surface area contributed by atoms with Crippen molar-refractivity contribution in [3.05, 3.63) is 24.3 Å². The molecule has 3 atom stereocenters. The van der Waals surface area contributed by atoms with Crippen molar-refractivity contribution in [1.29, 1.82) is 0 Å². The van der Waals surface area contributed by atoms with Gasteiger partial charge in [0.15, 0.2) is 0 Å². The average Bonchev–Trinajstić information content (AvgIpc) is 3.00. The van der Waals surface area contributed by atoms with Gasteiger partial charge in [-0.2, -0.15) is 0 Å². The van der Waals surface area contributed by atoms with E-state index in [0.717, 1.165) is 19.3 Å². The minimum atomic E-state index is -3.47. The molecule has 2 N–H and O–H groups in total. The van der Waals surface area contributed by atoms with Gasteiger partial charge in [0.2, 0.25) is 15.9 Å². The molecule has 0 aromatic heterocycles. The summed E-state index contributed by atoms with van der Waals surface area (Å²) in [6.45, 7) is 1.42. The summed E-state index contributed by atoms with van der Waals surface area (Å²) in [5.74, 6) is 1.03. The highest BCUT2D eigenvalue weighted by Crippen LogP contribution is 2.44. The standard InChI is InChI=1S/C15H20N2O3S/c1-10(18)16-13-4-6-14(7-5-13)21(19,20)17-15-9-11-2-3-12(15)8-11/h4-7,11-12,15,17H,2-3,8-9H2,1H3,(H,16,18)/t11-,12+,15-/m1/s1. The van der Waals surface area contributed by atoms with E-state index in [2.05, 4.69) is 10.0 Å². The Morgan fingerprint density at radius 3 is 2.38 bits per heavy atom. The van der Waals surface area contributed by atoms with Gasteiger partial charge in [0, 0.05) is 18.7 Å². The molecule has 2 bridgehead atoms. The molecule has 0 heterocycles. The van der Waals surface area contributed by atoms with Crippen LogP contribution in [0.3, 0.4) is 0 Å². The fraction of sp³-hybridized carbons (Fsp3) is 0.533. The number of hydrogen-bond donors (Lipinski definition) is 2. The molecule has 2 saturated carbocycles. The maximum Gasteiger partial charge on any atom is 0.240 e. The molecule has 1 aromatic carbocycles. The van der Waals surface area contributed by atoms with Gasteiger partial charge >= 0.3 is 0 Å². The first-order valence-corrected chi connectivity index (χ1v) is 8.82. The Morgan fingerprint density at radius 2 is 1.86 bits per heavy atom. The van der Waals surface area contributed by atoms with Crippen LogP contribution in [0.15, 0.2) is 29.2 Å². The molecule has 2 fully saturated rings. The van der Waals surface area contributed by atoms with E-state index in [4.69, 9.17) is 0 Å². The summed E-state index contributed by atoms with van der Waals surface area (Å²) in [5, 5.41) is 2.62. The highest BCUT2D eigenvalue weighted by atomic mass is 32.2. The number of carbonyl (C=O) groups excluding carboxylic acids is 1. The van der Waals surface area contributed by atoms with Crippen LogP contribution in [0.2, 0.25) is 0 Å². The van der Waals surface area contributed by atoms with Gasteiger partial charge in [0.1, 0.15) is 0 Å². The van der Waals surface area contributed by atoms with Crippen LogP contribution in [0.4, 0.5) is 5.69 Å². The second kappa shape index (κ2) is 5.42. The molecule has 3 rings (SSSR count). The number of hydrogen-bond acceptors (Lipinski definition) is 3. The van der Waals surface area contributed by atoms with Crippen molar-refractivity contribution in [2.45, 2.75) is 43.5 Å². The van der Waals surface area contributed by atoms with Crippen molar-refractivity contribution in [3.8, 4) is 0 Å². The molecule has 2 aliphatic rings. The Labute approximate surface area is 125 Å². The predicted molar refractivity (Wildman–Crippen MR) is 80.3 cm³/mol. The Morgan fingerprint density at radius 1 is 1.14 bits per heavy atom. The van der Waals surface area contributed by atoms with Crippen LogP contribution in [0.25, 0.3) is 0 Å². The summed E-state index contributed by atoms with van der Waals surface area (Å²) in [7, 11) is -3.47. The zero-order valence-corrected chi connectivity index (χ0v) is 12.8. The Kier molecular flexibility index (Phi) is 3.75. The molecule has 5 nitrogen and oxygen atoms in total. The Bertz CT molecular complexity index is 639. The third kappa shape index (κ3) is 3.11. The van der Waals surface area contributed by atoms with Gasteiger partial charge in [0.05, 0.1) is 4.90 Å². The SMILES string of the molecule is CC(=O)Nc1ccc(S(=O)(=O)N[C@@H]2C[C@@H]3CC[C@H]2C3)cc1. The summed E-state index contributed by atoms with van der Waals surface area (Å²) in [6.07, 6.45) is 4.51. The molecule has 0 aliphatic heterocycles. The van der Waals surface area contributed by atoms with Crippen LogP contribution in [-0.4, -0.2) is 20.4 Å². The van der Waals surface area contributed by atoms with Crippen LogP contribution in [0.1, 0.15) is 32.6 Å². The normalized spacial score (nSPS) is 27.8. The fourth-order valence-electron chi connectivity index (χ4n) is 3.58. The largest absolute Gasteiger partial charge is 0.326 e. The van der Waals surface area contributed by atoms with E-state index >= 15 is 0 Å². The highest BCUT2D eigenvalue weighted by Gasteiger charge is 2.41. The van der Waals surface area contributed by atoms with Crippen molar-refractivity contribution in [1.82, 2.24) is 4.72 Å². The molecular weight excluding hydrogens is 288 g/mol. The second-order valence-corrected chi connectivity index (χ2v) is 7.82. The van der Waals surface area contributed by atoms with Gasteiger partial charge in [-0.3, -0.25) is 4.79 Å². The molecule has 1 amide bonds. The zero-order chi connectivity index (χ0) is 15.0. The van der Waals surface area contributed by atoms with Crippen LogP contribution >= 0.6 is 0 Å². The molecule has 6 heteroatoms. The summed E-state index contributed by atoms with van der Waals surface area (Å²) in [4.78, 5) is 11.2. The smallest absolute Gasteiger partial charge is 0.240 e. The molecule has 21 heavy (non-hydrogen) atoms. The first-order valence-electron chi connectivity index (χ1n) is 7.34. The van der Waals surface area contributed by atoms with Gasteiger partial charge < -0.3 is 5.32 Å². The maximum atomic E-state index is 12.4. The lowest BCUT2D eigenvalue weighted by atomic mass is 9.96. The van der Waals surface area contributed by atoms with Crippen molar-refractivity contribution in [3.63, 3.8) is 0 Å². The molecule has 2 aliphatic carbocycles. The molecular formula is C15H20N2O3S. The lowest BCUT2D eigenvalue weighted by Crippen LogP contribution is -2.38. The Hall–Kier alpha value is -1.40. The van der Waals surface area contributed by atoms with Crippen LogP contribution in [0, 0.1) is 11.8 Å². The monoisotopic (exact) mass is 308 g/mol. The molecule has 1 aromatic rings. The maximum absolute atomic E-state index is 12.4. The van der Waals surface area contributed by atoms with Crippen LogP contribution < -0.4 is 10.0 Å². The van der Waals surface area contributed by atoms with E-state index in [9.17, 15) is 13.2 Å². The van der Waals surface area contributed by atoms with Crippen molar-refractivity contribution in [2.24, 2.45) is 11.8 Å². The van der Waals surface area contributed by atoms with E-state index in [0.29, 0.717) is 17.5 Å². The van der Waals surface area contributed by atoms with Crippen molar-refractivity contribution >= 4 is 21.6 Å².